The third-order valence-electron chi connectivity index (χ3n) is 3.97. The second-order valence-corrected chi connectivity index (χ2v) is 8.10. The van der Waals surface area contributed by atoms with Crippen molar-refractivity contribution in [2.45, 2.75) is 17.1 Å². The van der Waals surface area contributed by atoms with Crippen LogP contribution in [0.3, 0.4) is 0 Å². The number of thioether (sulfide) groups is 1. The third-order valence-corrected chi connectivity index (χ3v) is 5.30. The number of hydrogen-bond acceptors (Lipinski definition) is 3. The Balaban J connectivity index is 1.62. The Bertz CT molecular complexity index is 1030. The largest absolute Gasteiger partial charge is 0.325 e. The highest BCUT2D eigenvalue weighted by molar-refractivity contribution is 8.00. The molecule has 1 unspecified atom stereocenters. The van der Waals surface area contributed by atoms with Crippen LogP contribution in [0.25, 0.3) is 0 Å². The van der Waals surface area contributed by atoms with E-state index in [-0.39, 0.29) is 17.1 Å². The van der Waals surface area contributed by atoms with Gasteiger partial charge in [0.1, 0.15) is 5.82 Å². The number of hydrogen-bond donors (Lipinski definition) is 2. The first kappa shape index (κ1) is 20.9. The molecule has 3 aromatic carbocycles. The van der Waals surface area contributed by atoms with Crippen LogP contribution in [-0.2, 0) is 4.79 Å². The van der Waals surface area contributed by atoms with E-state index in [0.29, 0.717) is 22.0 Å². The molecule has 2 N–H and O–H groups in total. The van der Waals surface area contributed by atoms with Crippen LogP contribution in [0, 0.1) is 5.82 Å². The molecule has 1 atom stereocenters. The first-order chi connectivity index (χ1) is 13.9. The molecule has 4 nitrogen and oxygen atoms in total. The van der Waals surface area contributed by atoms with Crippen molar-refractivity contribution in [3.63, 3.8) is 0 Å². The summed E-state index contributed by atoms with van der Waals surface area (Å²) >= 11 is 7.31. The normalized spacial score (nSPS) is 11.6. The fourth-order valence-corrected chi connectivity index (χ4v) is 3.64. The molecule has 0 saturated carbocycles. The minimum atomic E-state index is -0.398. The Morgan fingerprint density at radius 2 is 1.59 bits per heavy atom. The zero-order chi connectivity index (χ0) is 20.8. The summed E-state index contributed by atoms with van der Waals surface area (Å²) < 4.78 is 13.0. The third kappa shape index (κ3) is 6.07. The van der Waals surface area contributed by atoms with Gasteiger partial charge < -0.3 is 10.6 Å². The van der Waals surface area contributed by atoms with Gasteiger partial charge in [-0.1, -0.05) is 23.7 Å². The first-order valence-electron chi connectivity index (χ1n) is 8.81. The Labute approximate surface area is 177 Å². The van der Waals surface area contributed by atoms with Crippen LogP contribution in [0.15, 0.2) is 77.7 Å². The molecule has 0 aliphatic rings. The second-order valence-electron chi connectivity index (χ2n) is 6.25. The minimum Gasteiger partial charge on any atom is -0.325 e. The van der Waals surface area contributed by atoms with Gasteiger partial charge in [0, 0.05) is 26.9 Å². The molecule has 0 aromatic heterocycles. The number of amides is 2. The van der Waals surface area contributed by atoms with Gasteiger partial charge in [-0.2, -0.15) is 0 Å². The van der Waals surface area contributed by atoms with Crippen LogP contribution < -0.4 is 10.6 Å². The van der Waals surface area contributed by atoms with E-state index in [1.54, 1.807) is 49.4 Å². The minimum absolute atomic E-state index is 0.155. The number of halogens is 2. The molecule has 0 saturated heterocycles. The predicted molar refractivity (Wildman–Crippen MR) is 116 cm³/mol. The van der Waals surface area contributed by atoms with Gasteiger partial charge >= 0.3 is 0 Å². The van der Waals surface area contributed by atoms with Crippen molar-refractivity contribution < 1.29 is 14.0 Å². The van der Waals surface area contributed by atoms with E-state index in [0.717, 1.165) is 4.90 Å². The summed E-state index contributed by atoms with van der Waals surface area (Å²) in [5, 5.41) is 5.79. The summed E-state index contributed by atoms with van der Waals surface area (Å²) in [7, 11) is 0. The van der Waals surface area contributed by atoms with E-state index in [4.69, 9.17) is 11.6 Å². The zero-order valence-corrected chi connectivity index (χ0v) is 17.1. The summed E-state index contributed by atoms with van der Waals surface area (Å²) in [6, 6.07) is 19.5. The first-order valence-corrected chi connectivity index (χ1v) is 10.1. The van der Waals surface area contributed by atoms with Crippen molar-refractivity contribution >= 4 is 46.6 Å². The maximum atomic E-state index is 13.0. The van der Waals surface area contributed by atoms with Crippen molar-refractivity contribution in [3.8, 4) is 0 Å². The Hall–Kier alpha value is -2.83. The van der Waals surface area contributed by atoms with Crippen LogP contribution >= 0.6 is 23.4 Å². The smallest absolute Gasteiger partial charge is 0.255 e. The molecule has 0 aliphatic carbocycles. The number of carbonyl (C=O) groups excluding carboxylic acids is 2. The van der Waals surface area contributed by atoms with Crippen LogP contribution in [0.4, 0.5) is 15.8 Å². The van der Waals surface area contributed by atoms with Gasteiger partial charge in [-0.3, -0.25) is 9.59 Å². The van der Waals surface area contributed by atoms with Gasteiger partial charge in [0.2, 0.25) is 5.91 Å². The van der Waals surface area contributed by atoms with Crippen molar-refractivity contribution in [2.24, 2.45) is 0 Å². The average molecular weight is 429 g/mol. The lowest BCUT2D eigenvalue weighted by atomic mass is 10.2. The fraction of sp³-hybridized carbons (Fsp3) is 0.0909. The van der Waals surface area contributed by atoms with Gasteiger partial charge in [0.15, 0.2) is 0 Å². The topological polar surface area (TPSA) is 58.2 Å². The van der Waals surface area contributed by atoms with Gasteiger partial charge in [-0.25, -0.2) is 4.39 Å². The fourth-order valence-electron chi connectivity index (χ4n) is 2.52. The predicted octanol–water partition coefficient (Wildman–Crippen LogP) is 5.85. The molecule has 0 radical (unpaired) electrons. The van der Waals surface area contributed by atoms with E-state index in [1.165, 1.54) is 36.0 Å². The Morgan fingerprint density at radius 1 is 0.931 bits per heavy atom. The van der Waals surface area contributed by atoms with Crippen molar-refractivity contribution in [3.05, 3.63) is 89.2 Å². The molecular weight excluding hydrogens is 411 g/mol. The van der Waals surface area contributed by atoms with Gasteiger partial charge in [0.25, 0.3) is 5.91 Å². The van der Waals surface area contributed by atoms with E-state index in [1.807, 2.05) is 6.07 Å². The highest BCUT2D eigenvalue weighted by Crippen LogP contribution is 2.27. The lowest BCUT2D eigenvalue weighted by Crippen LogP contribution is -2.22. The quantitative estimate of drug-likeness (QED) is 0.484. The summed E-state index contributed by atoms with van der Waals surface area (Å²) in [6.45, 7) is 1.80. The second kappa shape index (κ2) is 9.58. The summed E-state index contributed by atoms with van der Waals surface area (Å²) in [5.74, 6) is -0.887. The molecule has 7 heteroatoms. The highest BCUT2D eigenvalue weighted by Gasteiger charge is 2.15. The lowest BCUT2D eigenvalue weighted by Gasteiger charge is -2.13. The molecule has 0 aliphatic heterocycles. The molecule has 0 bridgehead atoms. The van der Waals surface area contributed by atoms with Crippen molar-refractivity contribution in [2.75, 3.05) is 10.6 Å². The van der Waals surface area contributed by atoms with Crippen LogP contribution in [0.5, 0.6) is 0 Å². The Morgan fingerprint density at radius 3 is 2.28 bits per heavy atom. The van der Waals surface area contributed by atoms with Gasteiger partial charge in [-0.05, 0) is 67.6 Å². The molecule has 29 heavy (non-hydrogen) atoms. The number of carbonyl (C=O) groups is 2. The maximum Gasteiger partial charge on any atom is 0.255 e. The van der Waals surface area contributed by atoms with E-state index < -0.39 is 5.82 Å². The molecule has 0 fully saturated rings. The Kier molecular flexibility index (Phi) is 6.90. The number of rotatable bonds is 6. The molecule has 0 spiro atoms. The summed E-state index contributed by atoms with van der Waals surface area (Å²) in [5.41, 5.74) is 1.58. The number of benzene rings is 3. The van der Waals surface area contributed by atoms with Crippen LogP contribution in [0.2, 0.25) is 5.02 Å². The molecular formula is C22H18ClFN2O2S. The van der Waals surface area contributed by atoms with E-state index in [9.17, 15) is 14.0 Å². The molecule has 148 valence electrons. The monoisotopic (exact) mass is 428 g/mol. The van der Waals surface area contributed by atoms with Gasteiger partial charge in [-0.15, -0.1) is 11.8 Å². The van der Waals surface area contributed by atoms with Crippen LogP contribution in [0.1, 0.15) is 17.3 Å². The summed E-state index contributed by atoms with van der Waals surface area (Å²) in [4.78, 5) is 25.5. The van der Waals surface area contributed by atoms with Crippen molar-refractivity contribution in [1.82, 2.24) is 0 Å². The highest BCUT2D eigenvalue weighted by atomic mass is 35.5. The van der Waals surface area contributed by atoms with Crippen molar-refractivity contribution in [1.29, 1.82) is 0 Å². The molecule has 0 heterocycles. The average Bonchev–Trinajstić information content (AvgIpc) is 2.68. The lowest BCUT2D eigenvalue weighted by molar-refractivity contribution is -0.115. The summed E-state index contributed by atoms with van der Waals surface area (Å²) in [6.07, 6.45) is 0. The molecule has 2 amide bonds. The van der Waals surface area contributed by atoms with E-state index >= 15 is 0 Å². The van der Waals surface area contributed by atoms with Crippen LogP contribution in [-0.4, -0.2) is 17.1 Å². The molecule has 3 aromatic rings. The number of nitrogens with one attached hydrogen (secondary N) is 2. The van der Waals surface area contributed by atoms with E-state index in [2.05, 4.69) is 10.6 Å². The maximum absolute atomic E-state index is 13.0. The SMILES string of the molecule is CC(Sc1cccc(NC(=O)c2ccc(F)cc2)c1)C(=O)Nc1cccc(Cl)c1. The standard InChI is InChI=1S/C22H18ClFN2O2S/c1-14(21(27)25-18-5-2-4-16(23)12-18)29-20-7-3-6-19(13-20)26-22(28)15-8-10-17(24)11-9-15/h2-14H,1H3,(H,25,27)(H,26,28). The number of anilines is 2. The molecule has 3 rings (SSSR count). The zero-order valence-electron chi connectivity index (χ0n) is 15.5. The van der Waals surface area contributed by atoms with Gasteiger partial charge in [0.05, 0.1) is 5.25 Å².